The Labute approximate surface area is 206 Å². The van der Waals surface area contributed by atoms with Gasteiger partial charge in [0.1, 0.15) is 11.5 Å². The first-order valence-electron chi connectivity index (χ1n) is 11.7. The first-order valence-corrected chi connectivity index (χ1v) is 12.5. The quantitative estimate of drug-likeness (QED) is 0.354. The van der Waals surface area contributed by atoms with E-state index in [2.05, 4.69) is 43.9 Å². The Morgan fingerprint density at radius 1 is 1.11 bits per heavy atom. The lowest BCUT2D eigenvalue weighted by Crippen LogP contribution is -2.27. The number of thiazole rings is 1. The van der Waals surface area contributed by atoms with Crippen LogP contribution >= 0.6 is 11.3 Å². The van der Waals surface area contributed by atoms with Crippen molar-refractivity contribution >= 4 is 39.6 Å². The lowest BCUT2D eigenvalue weighted by atomic mass is 10.1. The molecule has 9 heteroatoms. The highest BCUT2D eigenvalue weighted by Crippen LogP contribution is 2.46. The SMILES string of the molecule is Cc1nc(C)c(CNc2cc(C(=O)NC[C@H]3CC3c3ccc4ccccc4n3)nc3ccnn23)s1. The Morgan fingerprint density at radius 3 is 2.86 bits per heavy atom. The van der Waals surface area contributed by atoms with Gasteiger partial charge in [0.25, 0.3) is 5.91 Å². The number of aryl methyl sites for hydroxylation is 2. The Hall–Kier alpha value is -3.85. The summed E-state index contributed by atoms with van der Waals surface area (Å²) in [7, 11) is 0. The fourth-order valence-electron chi connectivity index (χ4n) is 4.50. The van der Waals surface area contributed by atoms with Crippen LogP contribution in [-0.4, -0.2) is 37.0 Å². The minimum atomic E-state index is -0.182. The van der Waals surface area contributed by atoms with Crippen molar-refractivity contribution in [3.8, 4) is 0 Å². The standard InChI is InChI=1S/C26H25N7OS/c1-15-23(35-16(2)30-15)14-27-25-12-22(32-24-9-10-29-33(24)25)26(34)28-13-18-11-19(18)21-8-7-17-5-3-4-6-20(17)31-21/h3-10,12,18-19,27H,11,13-14H2,1-2H3,(H,28,34)/t18-,19?/m1/s1. The van der Waals surface area contributed by atoms with Crippen molar-refractivity contribution in [1.82, 2.24) is 29.9 Å². The number of nitrogens with zero attached hydrogens (tertiary/aromatic N) is 5. The second-order valence-corrected chi connectivity index (χ2v) is 10.3. The van der Waals surface area contributed by atoms with Crippen LogP contribution in [0.15, 0.2) is 54.7 Å². The molecule has 0 bridgehead atoms. The van der Waals surface area contributed by atoms with Crippen LogP contribution < -0.4 is 10.6 Å². The number of benzene rings is 1. The van der Waals surface area contributed by atoms with Crippen molar-refractivity contribution in [3.63, 3.8) is 0 Å². The number of amides is 1. The van der Waals surface area contributed by atoms with E-state index in [-0.39, 0.29) is 5.91 Å². The number of para-hydroxylation sites is 1. The Morgan fingerprint density at radius 2 is 2.00 bits per heavy atom. The number of hydrogen-bond acceptors (Lipinski definition) is 7. The maximum absolute atomic E-state index is 13.0. The zero-order valence-corrected chi connectivity index (χ0v) is 20.3. The predicted octanol–water partition coefficient (Wildman–Crippen LogP) is 4.50. The molecule has 0 saturated heterocycles. The molecule has 8 nitrogen and oxygen atoms in total. The number of carbonyl (C=O) groups excluding carboxylic acids is 1. The molecule has 0 aliphatic heterocycles. The number of rotatable bonds is 7. The van der Waals surface area contributed by atoms with E-state index in [1.807, 2.05) is 32.0 Å². The number of aromatic nitrogens is 5. The molecule has 0 radical (unpaired) electrons. The molecular weight excluding hydrogens is 458 g/mol. The number of fused-ring (bicyclic) bond motifs is 2. The van der Waals surface area contributed by atoms with Gasteiger partial charge in [0.2, 0.25) is 0 Å². The summed E-state index contributed by atoms with van der Waals surface area (Å²) in [5, 5.41) is 13.0. The first-order chi connectivity index (χ1) is 17.0. The smallest absolute Gasteiger partial charge is 0.270 e. The van der Waals surface area contributed by atoms with Gasteiger partial charge in [-0.15, -0.1) is 11.3 Å². The van der Waals surface area contributed by atoms with Gasteiger partial charge >= 0.3 is 0 Å². The number of pyridine rings is 1. The van der Waals surface area contributed by atoms with Gasteiger partial charge in [-0.3, -0.25) is 9.78 Å². The minimum absolute atomic E-state index is 0.182. The Bertz CT molecular complexity index is 1560. The molecule has 1 amide bonds. The van der Waals surface area contributed by atoms with E-state index in [1.165, 1.54) is 0 Å². The van der Waals surface area contributed by atoms with Gasteiger partial charge in [0.05, 0.1) is 29.0 Å². The van der Waals surface area contributed by atoms with Crippen molar-refractivity contribution in [1.29, 1.82) is 0 Å². The molecule has 1 fully saturated rings. The number of carbonyl (C=O) groups is 1. The van der Waals surface area contributed by atoms with E-state index in [0.717, 1.165) is 44.4 Å². The van der Waals surface area contributed by atoms with Crippen LogP contribution in [-0.2, 0) is 6.54 Å². The van der Waals surface area contributed by atoms with Crippen molar-refractivity contribution in [2.24, 2.45) is 5.92 Å². The van der Waals surface area contributed by atoms with E-state index in [1.54, 1.807) is 34.2 Å². The topological polar surface area (TPSA) is 97.1 Å². The second kappa shape index (κ2) is 8.74. The molecule has 2 N–H and O–H groups in total. The van der Waals surface area contributed by atoms with Crippen LogP contribution in [0.2, 0.25) is 0 Å². The van der Waals surface area contributed by atoms with Crippen LogP contribution in [0.4, 0.5) is 5.82 Å². The molecule has 176 valence electrons. The third kappa shape index (κ3) is 4.35. The highest BCUT2D eigenvalue weighted by molar-refractivity contribution is 7.11. The summed E-state index contributed by atoms with van der Waals surface area (Å²) < 4.78 is 1.71. The van der Waals surface area contributed by atoms with E-state index < -0.39 is 0 Å². The molecule has 1 aliphatic carbocycles. The number of hydrogen-bond donors (Lipinski definition) is 2. The fourth-order valence-corrected chi connectivity index (χ4v) is 5.38. The number of anilines is 1. The van der Waals surface area contributed by atoms with Crippen molar-refractivity contribution in [3.05, 3.63) is 81.7 Å². The summed E-state index contributed by atoms with van der Waals surface area (Å²) in [6.07, 6.45) is 2.71. The van der Waals surface area contributed by atoms with Crippen molar-refractivity contribution in [2.45, 2.75) is 32.7 Å². The Kier molecular flexibility index (Phi) is 5.41. The molecule has 1 aromatic carbocycles. The molecule has 1 unspecified atom stereocenters. The second-order valence-electron chi connectivity index (χ2n) is 8.96. The maximum Gasteiger partial charge on any atom is 0.270 e. The maximum atomic E-state index is 13.0. The van der Waals surface area contributed by atoms with Crippen LogP contribution in [0.1, 0.15) is 44.1 Å². The fraction of sp³-hybridized carbons (Fsp3) is 0.269. The molecule has 6 rings (SSSR count). The zero-order chi connectivity index (χ0) is 23.9. The van der Waals surface area contributed by atoms with E-state index >= 15 is 0 Å². The van der Waals surface area contributed by atoms with Gasteiger partial charge in [0, 0.05) is 40.6 Å². The highest BCUT2D eigenvalue weighted by Gasteiger charge is 2.39. The molecule has 1 aliphatic rings. The molecular formula is C26H25N7OS. The third-order valence-electron chi connectivity index (χ3n) is 6.47. The summed E-state index contributed by atoms with van der Waals surface area (Å²) >= 11 is 1.67. The van der Waals surface area contributed by atoms with Gasteiger partial charge < -0.3 is 10.6 Å². The minimum Gasteiger partial charge on any atom is -0.365 e. The molecule has 4 heterocycles. The summed E-state index contributed by atoms with van der Waals surface area (Å²) in [6, 6.07) is 15.9. The monoisotopic (exact) mass is 483 g/mol. The average molecular weight is 484 g/mol. The van der Waals surface area contributed by atoms with Gasteiger partial charge in [-0.1, -0.05) is 24.3 Å². The van der Waals surface area contributed by atoms with E-state index in [9.17, 15) is 4.79 Å². The Balaban J connectivity index is 1.13. The van der Waals surface area contributed by atoms with Crippen molar-refractivity contribution < 1.29 is 4.79 Å². The third-order valence-corrected chi connectivity index (χ3v) is 7.54. The van der Waals surface area contributed by atoms with Crippen LogP contribution in [0.3, 0.4) is 0 Å². The van der Waals surface area contributed by atoms with Gasteiger partial charge in [-0.05, 0) is 38.3 Å². The van der Waals surface area contributed by atoms with Gasteiger partial charge in [-0.2, -0.15) is 9.61 Å². The number of nitrogens with one attached hydrogen (secondary N) is 2. The largest absolute Gasteiger partial charge is 0.365 e. The zero-order valence-electron chi connectivity index (χ0n) is 19.5. The first kappa shape index (κ1) is 21.7. The molecule has 0 spiro atoms. The molecule has 2 atom stereocenters. The summed E-state index contributed by atoms with van der Waals surface area (Å²) in [5.74, 6) is 1.31. The summed E-state index contributed by atoms with van der Waals surface area (Å²) in [6.45, 7) is 5.22. The molecule has 35 heavy (non-hydrogen) atoms. The van der Waals surface area contributed by atoms with E-state index in [4.69, 9.17) is 4.98 Å². The van der Waals surface area contributed by atoms with E-state index in [0.29, 0.717) is 36.3 Å². The lowest BCUT2D eigenvalue weighted by molar-refractivity contribution is 0.0946. The molecule has 5 aromatic rings. The normalized spacial score (nSPS) is 17.1. The van der Waals surface area contributed by atoms with Crippen LogP contribution in [0.25, 0.3) is 16.6 Å². The highest BCUT2D eigenvalue weighted by atomic mass is 32.1. The average Bonchev–Trinajstić information content (AvgIpc) is 3.35. The molecule has 4 aromatic heterocycles. The lowest BCUT2D eigenvalue weighted by Gasteiger charge is -2.10. The van der Waals surface area contributed by atoms with Crippen LogP contribution in [0, 0.1) is 19.8 Å². The molecule has 1 saturated carbocycles. The predicted molar refractivity (Wildman–Crippen MR) is 137 cm³/mol. The van der Waals surface area contributed by atoms with Crippen LogP contribution in [0.5, 0.6) is 0 Å². The van der Waals surface area contributed by atoms with Gasteiger partial charge in [0.15, 0.2) is 5.65 Å². The summed E-state index contributed by atoms with van der Waals surface area (Å²) in [5.41, 5.74) is 4.13. The van der Waals surface area contributed by atoms with Gasteiger partial charge in [-0.25, -0.2) is 9.97 Å². The summed E-state index contributed by atoms with van der Waals surface area (Å²) in [4.78, 5) is 28.0. The van der Waals surface area contributed by atoms with Crippen molar-refractivity contribution in [2.75, 3.05) is 11.9 Å².